The lowest BCUT2D eigenvalue weighted by Crippen LogP contribution is -2.60. The molecule has 1 saturated heterocycles. The minimum atomic E-state index is -1.64. The van der Waals surface area contributed by atoms with E-state index in [1.807, 2.05) is 0 Å². The van der Waals surface area contributed by atoms with E-state index in [0.29, 0.717) is 28.0 Å². The van der Waals surface area contributed by atoms with Crippen molar-refractivity contribution >= 4 is 12.2 Å². The predicted octanol–water partition coefficient (Wildman–Crippen LogP) is 3.12. The highest BCUT2D eigenvalue weighted by molar-refractivity contribution is 5.75. The number of hydrogen-bond acceptors (Lipinski definition) is 11. The van der Waals surface area contributed by atoms with Crippen LogP contribution >= 0.6 is 0 Å². The van der Waals surface area contributed by atoms with Gasteiger partial charge in [-0.2, -0.15) is 0 Å². The van der Waals surface area contributed by atoms with Gasteiger partial charge in [-0.25, -0.2) is 0 Å². The molecule has 0 bridgehead atoms. The third-order valence-electron chi connectivity index (χ3n) is 7.97. The van der Waals surface area contributed by atoms with Gasteiger partial charge in [0.25, 0.3) is 0 Å². The zero-order valence-electron chi connectivity index (χ0n) is 23.7. The smallest absolute Gasteiger partial charge is 0.229 e. The van der Waals surface area contributed by atoms with Gasteiger partial charge >= 0.3 is 0 Å². The van der Waals surface area contributed by atoms with Gasteiger partial charge in [0.15, 0.2) is 0 Å². The van der Waals surface area contributed by atoms with Crippen molar-refractivity contribution in [2.45, 2.75) is 42.7 Å². The Morgan fingerprint density at radius 3 is 1.96 bits per heavy atom. The number of ether oxygens (including phenoxy) is 3. The number of phenolic OH excluding ortho intramolecular Hbond substituents is 4. The highest BCUT2D eigenvalue weighted by Crippen LogP contribution is 2.53. The van der Waals surface area contributed by atoms with Crippen LogP contribution in [0.3, 0.4) is 0 Å². The van der Waals surface area contributed by atoms with E-state index in [-0.39, 0.29) is 28.7 Å². The van der Waals surface area contributed by atoms with Crippen LogP contribution in [-0.4, -0.2) is 78.2 Å². The lowest BCUT2D eigenvalue weighted by atomic mass is 9.82. The zero-order chi connectivity index (χ0) is 31.8. The first-order valence-electron chi connectivity index (χ1n) is 14.2. The van der Waals surface area contributed by atoms with Crippen molar-refractivity contribution in [3.05, 3.63) is 107 Å². The molecule has 0 aromatic heterocycles. The first-order chi connectivity index (χ1) is 21.6. The molecule has 8 N–H and O–H groups in total. The third kappa shape index (κ3) is 6.12. The normalized spacial score (nSPS) is 26.0. The van der Waals surface area contributed by atoms with Gasteiger partial charge in [-0.1, -0.05) is 36.4 Å². The second kappa shape index (κ2) is 12.3. The third-order valence-corrected chi connectivity index (χ3v) is 7.97. The second-order valence-corrected chi connectivity index (χ2v) is 11.1. The number of aromatic hydroxyl groups is 4. The van der Waals surface area contributed by atoms with Gasteiger partial charge in [0, 0.05) is 17.7 Å². The summed E-state index contributed by atoms with van der Waals surface area (Å²) in [6, 6.07) is 20.5. The number of aliphatic hydroxyl groups is 4. The molecule has 11 heteroatoms. The average molecular weight is 617 g/mol. The molecular formula is C34H32O11. The van der Waals surface area contributed by atoms with E-state index in [2.05, 4.69) is 0 Å². The van der Waals surface area contributed by atoms with Crippen LogP contribution in [0.5, 0.6) is 34.5 Å². The number of phenols is 4. The van der Waals surface area contributed by atoms with Gasteiger partial charge in [0.05, 0.1) is 12.5 Å². The highest BCUT2D eigenvalue weighted by Gasteiger charge is 2.45. The summed E-state index contributed by atoms with van der Waals surface area (Å²) >= 11 is 0. The van der Waals surface area contributed by atoms with Gasteiger partial charge in [-0.3, -0.25) is 0 Å². The van der Waals surface area contributed by atoms with Crippen molar-refractivity contribution < 1.29 is 55.1 Å². The fourth-order valence-electron chi connectivity index (χ4n) is 5.75. The predicted molar refractivity (Wildman–Crippen MR) is 161 cm³/mol. The Hall–Kier alpha value is -4.78. The molecule has 2 aliphatic rings. The average Bonchev–Trinajstić information content (AvgIpc) is 3.40. The van der Waals surface area contributed by atoms with Crippen molar-refractivity contribution in [2.24, 2.45) is 0 Å². The molecule has 11 nitrogen and oxygen atoms in total. The highest BCUT2D eigenvalue weighted by atomic mass is 16.7. The van der Waals surface area contributed by atoms with E-state index < -0.39 is 49.3 Å². The lowest BCUT2D eigenvalue weighted by molar-refractivity contribution is -0.277. The molecule has 2 aliphatic heterocycles. The summed E-state index contributed by atoms with van der Waals surface area (Å²) in [6.07, 6.45) is -4.52. The number of benzene rings is 4. The fraction of sp³-hybridized carbons (Fsp3) is 0.235. The maximum atomic E-state index is 10.6. The van der Waals surface area contributed by atoms with Gasteiger partial charge in [-0.05, 0) is 64.7 Å². The lowest BCUT2D eigenvalue weighted by Gasteiger charge is -2.39. The number of hydrogen-bond donors (Lipinski definition) is 8. The molecule has 7 atom stereocenters. The summed E-state index contributed by atoms with van der Waals surface area (Å²) in [4.78, 5) is 0. The fourth-order valence-corrected chi connectivity index (χ4v) is 5.75. The zero-order valence-corrected chi connectivity index (χ0v) is 23.7. The Bertz CT molecular complexity index is 1660. The van der Waals surface area contributed by atoms with Gasteiger partial charge < -0.3 is 55.1 Å². The van der Waals surface area contributed by atoms with E-state index in [1.165, 1.54) is 30.3 Å². The second-order valence-electron chi connectivity index (χ2n) is 11.1. The van der Waals surface area contributed by atoms with Crippen LogP contribution < -0.4 is 9.47 Å². The molecule has 0 saturated carbocycles. The minimum absolute atomic E-state index is 0.0635. The summed E-state index contributed by atoms with van der Waals surface area (Å²) in [5, 5.41) is 81.1. The Labute approximate surface area is 257 Å². The van der Waals surface area contributed by atoms with Crippen LogP contribution in [0.4, 0.5) is 0 Å². The number of aliphatic hydroxyl groups excluding tert-OH is 4. The van der Waals surface area contributed by atoms with E-state index in [9.17, 15) is 40.9 Å². The summed E-state index contributed by atoms with van der Waals surface area (Å²) in [7, 11) is 0. The van der Waals surface area contributed by atoms with E-state index in [4.69, 9.17) is 14.2 Å². The van der Waals surface area contributed by atoms with Crippen molar-refractivity contribution in [1.29, 1.82) is 0 Å². The van der Waals surface area contributed by atoms with Crippen molar-refractivity contribution in [2.75, 3.05) is 6.61 Å². The standard InChI is InChI=1S/C34H32O11/c35-16-27-30(40)31(41)32(42)34(45-27)43-25-13-19(4-1-17-2-7-21(36)8-3-17)28-26(15-25)44-33(18-5-9-22(37)10-6-18)29(28)20-11-23(38)14-24(39)12-20/h1-15,27,29-42H,16H2. The molecule has 0 spiro atoms. The maximum absolute atomic E-state index is 10.6. The molecule has 4 aromatic rings. The van der Waals surface area contributed by atoms with Crippen molar-refractivity contribution in [3.8, 4) is 34.5 Å². The van der Waals surface area contributed by atoms with Gasteiger partial charge in [0.2, 0.25) is 6.29 Å². The van der Waals surface area contributed by atoms with Gasteiger partial charge in [-0.15, -0.1) is 0 Å². The Morgan fingerprint density at radius 2 is 1.31 bits per heavy atom. The van der Waals surface area contributed by atoms with Crippen molar-refractivity contribution in [1.82, 2.24) is 0 Å². The van der Waals surface area contributed by atoms with Crippen LogP contribution in [0.15, 0.2) is 78.9 Å². The van der Waals surface area contributed by atoms with Gasteiger partial charge in [0.1, 0.15) is 65.0 Å². The van der Waals surface area contributed by atoms with E-state index >= 15 is 0 Å². The van der Waals surface area contributed by atoms with Crippen LogP contribution in [0, 0.1) is 0 Å². The molecule has 0 aliphatic carbocycles. The summed E-state index contributed by atoms with van der Waals surface area (Å²) in [5.74, 6) is -0.146. The van der Waals surface area contributed by atoms with E-state index in [1.54, 1.807) is 60.7 Å². The Balaban J connectivity index is 1.48. The monoisotopic (exact) mass is 616 g/mol. The molecule has 4 aromatic carbocycles. The number of fused-ring (bicyclic) bond motifs is 1. The van der Waals surface area contributed by atoms with Crippen molar-refractivity contribution in [3.63, 3.8) is 0 Å². The van der Waals surface area contributed by atoms with Crippen LogP contribution in [0.2, 0.25) is 0 Å². The van der Waals surface area contributed by atoms with E-state index in [0.717, 1.165) is 5.56 Å². The molecule has 6 rings (SSSR count). The molecule has 0 amide bonds. The maximum Gasteiger partial charge on any atom is 0.229 e. The molecule has 2 heterocycles. The number of rotatable bonds is 7. The van der Waals surface area contributed by atoms with Crippen LogP contribution in [0.25, 0.3) is 12.2 Å². The molecule has 0 radical (unpaired) electrons. The quantitative estimate of drug-likeness (QED) is 0.142. The molecule has 45 heavy (non-hydrogen) atoms. The van der Waals surface area contributed by atoms with Crippen LogP contribution in [-0.2, 0) is 4.74 Å². The molecular weight excluding hydrogens is 584 g/mol. The summed E-state index contributed by atoms with van der Waals surface area (Å²) in [6.45, 7) is -0.620. The molecule has 234 valence electrons. The van der Waals surface area contributed by atoms with Crippen LogP contribution in [0.1, 0.15) is 39.8 Å². The Kier molecular flexibility index (Phi) is 8.28. The molecule has 1 fully saturated rings. The minimum Gasteiger partial charge on any atom is -0.508 e. The SMILES string of the molecule is OCC1OC(Oc2cc(C=Cc3ccc(O)cc3)c3c(c2)OC(c2ccc(O)cc2)C3c2cc(O)cc(O)c2)C(O)C(O)C1O. The topological polar surface area (TPSA) is 190 Å². The first kappa shape index (κ1) is 30.3. The largest absolute Gasteiger partial charge is 0.508 e. The first-order valence-corrected chi connectivity index (χ1v) is 14.2. The Morgan fingerprint density at radius 1 is 0.667 bits per heavy atom. The summed E-state index contributed by atoms with van der Waals surface area (Å²) in [5.41, 5.74) is 3.28. The summed E-state index contributed by atoms with van der Waals surface area (Å²) < 4.78 is 18.0. The molecule has 7 unspecified atom stereocenters.